The van der Waals surface area contributed by atoms with Gasteiger partial charge in [-0.15, -0.1) is 0 Å². The SMILES string of the molecule is Cc1nn(C)c2ncc(NC(=O)C(Cc3ccccc3)NC(=O)c3ccco3)cc12. The highest BCUT2D eigenvalue weighted by Crippen LogP contribution is 2.19. The predicted molar refractivity (Wildman–Crippen MR) is 112 cm³/mol. The summed E-state index contributed by atoms with van der Waals surface area (Å²) in [7, 11) is 1.82. The number of amides is 2. The fourth-order valence-electron chi connectivity index (χ4n) is 3.30. The van der Waals surface area contributed by atoms with Crippen molar-refractivity contribution < 1.29 is 14.0 Å². The van der Waals surface area contributed by atoms with Crippen molar-refractivity contribution >= 4 is 28.5 Å². The first-order valence-corrected chi connectivity index (χ1v) is 9.50. The molecule has 3 heterocycles. The normalized spacial score (nSPS) is 11.9. The third kappa shape index (κ3) is 4.07. The van der Waals surface area contributed by atoms with Crippen LogP contribution in [0.15, 0.2) is 65.4 Å². The number of nitrogens with zero attached hydrogens (tertiary/aromatic N) is 3. The molecule has 1 unspecified atom stereocenters. The average molecular weight is 403 g/mol. The minimum atomic E-state index is -0.796. The van der Waals surface area contributed by atoms with Crippen LogP contribution in [0.3, 0.4) is 0 Å². The fraction of sp³-hybridized carbons (Fsp3) is 0.182. The predicted octanol–water partition coefficient (Wildman–Crippen LogP) is 2.85. The molecule has 2 N–H and O–H groups in total. The van der Waals surface area contributed by atoms with Gasteiger partial charge in [0.1, 0.15) is 6.04 Å². The summed E-state index contributed by atoms with van der Waals surface area (Å²) in [6, 6.07) is 13.7. The van der Waals surface area contributed by atoms with Crippen molar-refractivity contribution in [3.63, 3.8) is 0 Å². The summed E-state index contributed by atoms with van der Waals surface area (Å²) in [4.78, 5) is 29.9. The number of hydrogen-bond donors (Lipinski definition) is 2. The van der Waals surface area contributed by atoms with Crippen LogP contribution in [-0.2, 0) is 18.3 Å². The van der Waals surface area contributed by atoms with Crippen molar-refractivity contribution in [1.29, 1.82) is 0 Å². The molecule has 0 spiro atoms. The Morgan fingerprint density at radius 1 is 1.17 bits per heavy atom. The molecule has 0 aliphatic heterocycles. The Kier molecular flexibility index (Phi) is 5.30. The van der Waals surface area contributed by atoms with Gasteiger partial charge in [0.2, 0.25) is 5.91 Å². The molecule has 2 amide bonds. The van der Waals surface area contributed by atoms with Gasteiger partial charge in [-0.25, -0.2) is 4.98 Å². The van der Waals surface area contributed by atoms with Gasteiger partial charge in [-0.05, 0) is 30.7 Å². The molecule has 1 atom stereocenters. The number of aryl methyl sites for hydroxylation is 2. The first kappa shape index (κ1) is 19.4. The molecule has 0 bridgehead atoms. The number of pyridine rings is 1. The number of nitrogens with one attached hydrogen (secondary N) is 2. The second-order valence-electron chi connectivity index (χ2n) is 6.99. The number of carbonyl (C=O) groups excluding carboxylic acids is 2. The number of benzene rings is 1. The van der Waals surface area contributed by atoms with E-state index in [0.717, 1.165) is 22.3 Å². The summed E-state index contributed by atoms with van der Waals surface area (Å²) in [6.07, 6.45) is 3.33. The molecule has 0 aliphatic rings. The van der Waals surface area contributed by atoms with Crippen LogP contribution in [-0.4, -0.2) is 32.6 Å². The van der Waals surface area contributed by atoms with E-state index < -0.39 is 11.9 Å². The second kappa shape index (κ2) is 8.20. The average Bonchev–Trinajstić information content (AvgIpc) is 3.37. The van der Waals surface area contributed by atoms with E-state index in [2.05, 4.69) is 20.7 Å². The van der Waals surface area contributed by atoms with E-state index in [1.54, 1.807) is 23.0 Å². The van der Waals surface area contributed by atoms with Gasteiger partial charge >= 0.3 is 0 Å². The van der Waals surface area contributed by atoms with Gasteiger partial charge in [0, 0.05) is 18.9 Å². The van der Waals surface area contributed by atoms with E-state index in [-0.39, 0.29) is 11.7 Å². The molecule has 8 nitrogen and oxygen atoms in total. The van der Waals surface area contributed by atoms with Crippen molar-refractivity contribution in [2.75, 3.05) is 5.32 Å². The number of anilines is 1. The summed E-state index contributed by atoms with van der Waals surface area (Å²) in [5.41, 5.74) is 3.02. The van der Waals surface area contributed by atoms with Crippen molar-refractivity contribution in [1.82, 2.24) is 20.1 Å². The molecular formula is C22H21N5O3. The highest BCUT2D eigenvalue weighted by atomic mass is 16.3. The quantitative estimate of drug-likeness (QED) is 0.515. The number of carbonyl (C=O) groups is 2. The van der Waals surface area contributed by atoms with Crippen LogP contribution in [0.5, 0.6) is 0 Å². The second-order valence-corrected chi connectivity index (χ2v) is 6.99. The van der Waals surface area contributed by atoms with E-state index in [1.165, 1.54) is 6.26 Å². The van der Waals surface area contributed by atoms with E-state index in [9.17, 15) is 9.59 Å². The monoisotopic (exact) mass is 403 g/mol. The lowest BCUT2D eigenvalue weighted by Gasteiger charge is -2.18. The minimum Gasteiger partial charge on any atom is -0.459 e. The minimum absolute atomic E-state index is 0.148. The van der Waals surface area contributed by atoms with Crippen molar-refractivity contribution in [3.05, 3.63) is 78.0 Å². The maximum absolute atomic E-state index is 13.0. The molecule has 152 valence electrons. The van der Waals surface area contributed by atoms with Crippen molar-refractivity contribution in [3.8, 4) is 0 Å². The molecular weight excluding hydrogens is 382 g/mol. The first-order valence-electron chi connectivity index (χ1n) is 9.50. The summed E-state index contributed by atoms with van der Waals surface area (Å²) in [5.74, 6) is -0.649. The van der Waals surface area contributed by atoms with Gasteiger partial charge < -0.3 is 15.1 Å². The maximum Gasteiger partial charge on any atom is 0.287 e. The number of fused-ring (bicyclic) bond motifs is 1. The number of furan rings is 1. The van der Waals surface area contributed by atoms with E-state index in [4.69, 9.17) is 4.42 Å². The zero-order valence-electron chi connectivity index (χ0n) is 16.6. The van der Waals surface area contributed by atoms with E-state index in [0.29, 0.717) is 12.1 Å². The van der Waals surface area contributed by atoms with Crippen LogP contribution in [0.4, 0.5) is 5.69 Å². The molecule has 4 rings (SSSR count). The largest absolute Gasteiger partial charge is 0.459 e. The van der Waals surface area contributed by atoms with Crippen molar-refractivity contribution in [2.24, 2.45) is 7.05 Å². The van der Waals surface area contributed by atoms with Crippen LogP contribution in [0.25, 0.3) is 11.0 Å². The molecule has 1 aromatic carbocycles. The molecule has 0 saturated heterocycles. The molecule has 30 heavy (non-hydrogen) atoms. The fourth-order valence-corrected chi connectivity index (χ4v) is 3.30. The maximum atomic E-state index is 13.0. The third-order valence-corrected chi connectivity index (χ3v) is 4.78. The molecule has 3 aromatic heterocycles. The number of rotatable bonds is 6. The van der Waals surface area contributed by atoms with E-state index in [1.807, 2.05) is 50.4 Å². The van der Waals surface area contributed by atoms with Crippen LogP contribution in [0, 0.1) is 6.92 Å². The first-order chi connectivity index (χ1) is 14.5. The highest BCUT2D eigenvalue weighted by Gasteiger charge is 2.23. The summed E-state index contributed by atoms with van der Waals surface area (Å²) in [6.45, 7) is 1.89. The van der Waals surface area contributed by atoms with Gasteiger partial charge in [-0.1, -0.05) is 30.3 Å². The summed E-state index contributed by atoms with van der Waals surface area (Å²) < 4.78 is 6.84. The zero-order chi connectivity index (χ0) is 21.1. The lowest BCUT2D eigenvalue weighted by Crippen LogP contribution is -2.45. The van der Waals surface area contributed by atoms with E-state index >= 15 is 0 Å². The third-order valence-electron chi connectivity index (χ3n) is 4.78. The summed E-state index contributed by atoms with van der Waals surface area (Å²) in [5, 5.41) is 10.8. The standard InChI is InChI=1S/C22H21N5O3/c1-14-17-12-16(13-23-20(17)27(2)26-14)24-21(28)18(11-15-7-4-3-5-8-15)25-22(29)19-9-6-10-30-19/h3-10,12-13,18H,11H2,1-2H3,(H,24,28)(H,25,29). The van der Waals surface area contributed by atoms with Gasteiger partial charge in [-0.3, -0.25) is 14.3 Å². The van der Waals surface area contributed by atoms with Crippen LogP contribution in [0.1, 0.15) is 21.8 Å². The van der Waals surface area contributed by atoms with Gasteiger partial charge in [0.25, 0.3) is 5.91 Å². The highest BCUT2D eigenvalue weighted by molar-refractivity contribution is 6.01. The smallest absolute Gasteiger partial charge is 0.287 e. The number of aromatic nitrogens is 3. The molecule has 0 aliphatic carbocycles. The molecule has 0 radical (unpaired) electrons. The van der Waals surface area contributed by atoms with Crippen LogP contribution in [0.2, 0.25) is 0 Å². The number of hydrogen-bond acceptors (Lipinski definition) is 5. The Morgan fingerprint density at radius 3 is 2.70 bits per heavy atom. The lowest BCUT2D eigenvalue weighted by molar-refractivity contribution is -0.118. The lowest BCUT2D eigenvalue weighted by atomic mass is 10.0. The zero-order valence-corrected chi connectivity index (χ0v) is 16.6. The van der Waals surface area contributed by atoms with Crippen LogP contribution < -0.4 is 10.6 Å². The Balaban J connectivity index is 1.56. The molecule has 4 aromatic rings. The Hall–Kier alpha value is -3.94. The Bertz CT molecular complexity index is 1180. The van der Waals surface area contributed by atoms with Crippen LogP contribution >= 0.6 is 0 Å². The molecule has 8 heteroatoms. The summed E-state index contributed by atoms with van der Waals surface area (Å²) >= 11 is 0. The van der Waals surface area contributed by atoms with Crippen molar-refractivity contribution in [2.45, 2.75) is 19.4 Å². The Labute approximate surface area is 172 Å². The molecule has 0 fully saturated rings. The molecule has 0 saturated carbocycles. The van der Waals surface area contributed by atoms with Gasteiger partial charge in [-0.2, -0.15) is 5.10 Å². The Morgan fingerprint density at radius 2 is 1.97 bits per heavy atom. The van der Waals surface area contributed by atoms with Gasteiger partial charge in [0.15, 0.2) is 11.4 Å². The topological polar surface area (TPSA) is 102 Å². The van der Waals surface area contributed by atoms with Gasteiger partial charge in [0.05, 0.1) is 23.8 Å².